The molecule has 0 aliphatic heterocycles. The van der Waals surface area contributed by atoms with Gasteiger partial charge in [0, 0.05) is 0 Å². The van der Waals surface area contributed by atoms with E-state index in [1.807, 2.05) is 6.92 Å². The van der Waals surface area contributed by atoms with Crippen LogP contribution in [0, 0.1) is 0 Å². The third kappa shape index (κ3) is 3.30. The SMILES string of the molecule is CCCCC(O)C(O)(O)C(=O)OC. The summed E-state index contributed by atoms with van der Waals surface area (Å²) in [4.78, 5) is 10.8. The summed E-state index contributed by atoms with van der Waals surface area (Å²) in [7, 11) is 1.02. The number of ether oxygens (including phenoxy) is 1. The summed E-state index contributed by atoms with van der Waals surface area (Å²) in [6.07, 6.45) is 0.0633. The molecule has 1 atom stereocenters. The Bertz CT molecular complexity index is 166. The van der Waals surface area contributed by atoms with Gasteiger partial charge in [-0.1, -0.05) is 19.8 Å². The van der Waals surface area contributed by atoms with Crippen LogP contribution in [-0.4, -0.2) is 40.3 Å². The number of esters is 1. The van der Waals surface area contributed by atoms with E-state index in [9.17, 15) is 9.90 Å². The zero-order chi connectivity index (χ0) is 10.5. The lowest BCUT2D eigenvalue weighted by atomic mass is 10.0. The van der Waals surface area contributed by atoms with E-state index < -0.39 is 17.9 Å². The van der Waals surface area contributed by atoms with E-state index in [4.69, 9.17) is 10.2 Å². The normalized spacial score (nSPS) is 13.9. The molecule has 0 aromatic heterocycles. The minimum atomic E-state index is -2.79. The molecular formula is C8H16O5. The highest BCUT2D eigenvalue weighted by Crippen LogP contribution is 2.14. The lowest BCUT2D eigenvalue weighted by Gasteiger charge is -2.24. The molecule has 0 bridgehead atoms. The number of carbonyl (C=O) groups is 1. The number of hydrogen-bond acceptors (Lipinski definition) is 5. The second-order valence-electron chi connectivity index (χ2n) is 2.88. The van der Waals surface area contributed by atoms with Crippen molar-refractivity contribution in [3.05, 3.63) is 0 Å². The molecule has 13 heavy (non-hydrogen) atoms. The largest absolute Gasteiger partial charge is 0.465 e. The Hall–Kier alpha value is -0.650. The molecular weight excluding hydrogens is 176 g/mol. The van der Waals surface area contributed by atoms with Gasteiger partial charge in [-0.3, -0.25) is 0 Å². The fraction of sp³-hybridized carbons (Fsp3) is 0.875. The van der Waals surface area contributed by atoms with Crippen molar-refractivity contribution in [3.63, 3.8) is 0 Å². The number of carbonyl (C=O) groups excluding carboxylic acids is 1. The molecule has 0 aliphatic rings. The van der Waals surface area contributed by atoms with E-state index in [1.54, 1.807) is 0 Å². The van der Waals surface area contributed by atoms with Gasteiger partial charge in [0.05, 0.1) is 7.11 Å². The van der Waals surface area contributed by atoms with Gasteiger partial charge in [-0.05, 0) is 6.42 Å². The quantitative estimate of drug-likeness (QED) is 0.399. The molecule has 0 spiro atoms. The minimum Gasteiger partial charge on any atom is -0.465 e. The average molecular weight is 192 g/mol. The maximum Gasteiger partial charge on any atom is 0.369 e. The molecule has 5 nitrogen and oxygen atoms in total. The smallest absolute Gasteiger partial charge is 0.369 e. The molecule has 0 aromatic carbocycles. The predicted molar refractivity (Wildman–Crippen MR) is 44.7 cm³/mol. The molecule has 0 aliphatic carbocycles. The van der Waals surface area contributed by atoms with Gasteiger partial charge in [0.2, 0.25) is 0 Å². The highest BCUT2D eigenvalue weighted by molar-refractivity contribution is 5.77. The molecule has 0 fully saturated rings. The summed E-state index contributed by atoms with van der Waals surface area (Å²) in [5.41, 5.74) is 0. The summed E-state index contributed by atoms with van der Waals surface area (Å²) >= 11 is 0. The van der Waals surface area contributed by atoms with Gasteiger partial charge in [-0.25, -0.2) is 4.79 Å². The van der Waals surface area contributed by atoms with Crippen LogP contribution in [0.5, 0.6) is 0 Å². The first-order chi connectivity index (χ1) is 5.96. The summed E-state index contributed by atoms with van der Waals surface area (Å²) in [6, 6.07) is 0. The summed E-state index contributed by atoms with van der Waals surface area (Å²) < 4.78 is 4.12. The topological polar surface area (TPSA) is 87.0 Å². The fourth-order valence-corrected chi connectivity index (χ4v) is 0.885. The highest BCUT2D eigenvalue weighted by atomic mass is 16.6. The Morgan fingerprint density at radius 3 is 2.46 bits per heavy atom. The maximum absolute atomic E-state index is 10.8. The number of aliphatic hydroxyl groups excluding tert-OH is 1. The van der Waals surface area contributed by atoms with Crippen molar-refractivity contribution < 1.29 is 24.9 Å². The van der Waals surface area contributed by atoms with E-state index in [0.717, 1.165) is 13.5 Å². The monoisotopic (exact) mass is 192 g/mol. The van der Waals surface area contributed by atoms with Crippen LogP contribution >= 0.6 is 0 Å². The summed E-state index contributed by atoms with van der Waals surface area (Å²) in [5.74, 6) is -4.03. The molecule has 0 rings (SSSR count). The molecule has 0 amide bonds. The lowest BCUT2D eigenvalue weighted by Crippen LogP contribution is -2.50. The van der Waals surface area contributed by atoms with Crippen LogP contribution in [0.3, 0.4) is 0 Å². The van der Waals surface area contributed by atoms with Crippen LogP contribution in [0.15, 0.2) is 0 Å². The molecule has 5 heteroatoms. The van der Waals surface area contributed by atoms with Crippen molar-refractivity contribution >= 4 is 5.97 Å². The first-order valence-electron chi connectivity index (χ1n) is 4.18. The van der Waals surface area contributed by atoms with Gasteiger partial charge in [-0.2, -0.15) is 0 Å². The van der Waals surface area contributed by atoms with Crippen molar-refractivity contribution in [1.29, 1.82) is 0 Å². The molecule has 1 unspecified atom stereocenters. The lowest BCUT2D eigenvalue weighted by molar-refractivity contribution is -0.239. The highest BCUT2D eigenvalue weighted by Gasteiger charge is 2.42. The summed E-state index contributed by atoms with van der Waals surface area (Å²) in [6.45, 7) is 1.89. The third-order valence-corrected chi connectivity index (χ3v) is 1.78. The van der Waals surface area contributed by atoms with Crippen LogP contribution in [0.25, 0.3) is 0 Å². The molecule has 78 valence electrons. The van der Waals surface area contributed by atoms with Gasteiger partial charge < -0.3 is 20.1 Å². The van der Waals surface area contributed by atoms with Crippen molar-refractivity contribution in [2.24, 2.45) is 0 Å². The Labute approximate surface area is 77.0 Å². The number of rotatable bonds is 5. The van der Waals surface area contributed by atoms with Gasteiger partial charge in [-0.15, -0.1) is 0 Å². The van der Waals surface area contributed by atoms with Crippen LogP contribution in [0.1, 0.15) is 26.2 Å². The summed E-state index contributed by atoms with van der Waals surface area (Å²) in [5, 5.41) is 27.4. The van der Waals surface area contributed by atoms with Crippen LogP contribution in [-0.2, 0) is 9.53 Å². The molecule has 0 saturated carbocycles. The number of unbranched alkanes of at least 4 members (excludes halogenated alkanes) is 1. The third-order valence-electron chi connectivity index (χ3n) is 1.78. The van der Waals surface area contributed by atoms with Crippen molar-refractivity contribution in [2.45, 2.75) is 38.1 Å². The molecule has 0 radical (unpaired) electrons. The Morgan fingerprint density at radius 1 is 1.54 bits per heavy atom. The second-order valence-corrected chi connectivity index (χ2v) is 2.88. The zero-order valence-corrected chi connectivity index (χ0v) is 7.86. The standard InChI is InChI=1S/C8H16O5/c1-3-4-5-6(9)8(11,12)7(10)13-2/h6,9,11-12H,3-5H2,1-2H3. The Morgan fingerprint density at radius 2 is 2.08 bits per heavy atom. The number of methoxy groups -OCH3 is 1. The van der Waals surface area contributed by atoms with Crippen LogP contribution in [0.2, 0.25) is 0 Å². The van der Waals surface area contributed by atoms with E-state index in [-0.39, 0.29) is 6.42 Å². The van der Waals surface area contributed by atoms with E-state index in [2.05, 4.69) is 4.74 Å². The van der Waals surface area contributed by atoms with Gasteiger partial charge in [0.15, 0.2) is 0 Å². The maximum atomic E-state index is 10.8. The molecule has 0 aromatic rings. The first kappa shape index (κ1) is 12.3. The van der Waals surface area contributed by atoms with E-state index >= 15 is 0 Å². The predicted octanol–water partition coefficient (Wildman–Crippen LogP) is -0.609. The minimum absolute atomic E-state index is 0.151. The molecule has 0 saturated heterocycles. The van der Waals surface area contributed by atoms with Gasteiger partial charge in [0.25, 0.3) is 5.79 Å². The second kappa shape index (κ2) is 5.16. The van der Waals surface area contributed by atoms with Crippen molar-refractivity contribution in [3.8, 4) is 0 Å². The molecule has 0 heterocycles. The average Bonchev–Trinajstić information content (AvgIpc) is 2.12. The number of aliphatic hydroxyl groups is 3. The van der Waals surface area contributed by atoms with Crippen molar-refractivity contribution in [1.82, 2.24) is 0 Å². The zero-order valence-electron chi connectivity index (χ0n) is 7.86. The van der Waals surface area contributed by atoms with E-state index in [1.165, 1.54) is 0 Å². The first-order valence-corrected chi connectivity index (χ1v) is 4.18. The molecule has 3 N–H and O–H groups in total. The Balaban J connectivity index is 4.17. The van der Waals surface area contributed by atoms with E-state index in [0.29, 0.717) is 6.42 Å². The number of hydrogen-bond donors (Lipinski definition) is 3. The van der Waals surface area contributed by atoms with Crippen molar-refractivity contribution in [2.75, 3.05) is 7.11 Å². The van der Waals surface area contributed by atoms with Crippen LogP contribution < -0.4 is 0 Å². The van der Waals surface area contributed by atoms with Crippen LogP contribution in [0.4, 0.5) is 0 Å². The Kier molecular flexibility index (Phi) is 4.90. The fourth-order valence-electron chi connectivity index (χ4n) is 0.885. The van der Waals surface area contributed by atoms with Gasteiger partial charge >= 0.3 is 5.97 Å². The van der Waals surface area contributed by atoms with Gasteiger partial charge in [0.1, 0.15) is 6.10 Å².